The lowest BCUT2D eigenvalue weighted by Gasteiger charge is -2.24. The Hall–Kier alpha value is -1.68. The first-order valence-electron chi connectivity index (χ1n) is 6.49. The standard InChI is InChI=1S/C15H17NO3/c1-14-9-16(8-11-6-4-3-5-7-11)10-15(14,2)13(18)19-12(14)17/h3-7H,8-10H2,1-2H3/t14-,15-/m0/s1. The second-order valence-corrected chi connectivity index (χ2v) is 5.97. The molecule has 0 bridgehead atoms. The second kappa shape index (κ2) is 3.90. The van der Waals surface area contributed by atoms with Gasteiger partial charge in [-0.3, -0.25) is 14.5 Å². The van der Waals surface area contributed by atoms with Crippen LogP contribution in [0.3, 0.4) is 0 Å². The van der Waals surface area contributed by atoms with E-state index in [1.807, 2.05) is 32.0 Å². The zero-order valence-electron chi connectivity index (χ0n) is 11.2. The Morgan fingerprint density at radius 3 is 2.11 bits per heavy atom. The molecular formula is C15H17NO3. The van der Waals surface area contributed by atoms with Crippen LogP contribution in [0.4, 0.5) is 0 Å². The average Bonchev–Trinajstić information content (AvgIpc) is 2.71. The molecule has 0 aromatic heterocycles. The van der Waals surface area contributed by atoms with Gasteiger partial charge in [0.15, 0.2) is 0 Å². The van der Waals surface area contributed by atoms with Crippen LogP contribution in [-0.2, 0) is 20.9 Å². The summed E-state index contributed by atoms with van der Waals surface area (Å²) in [5, 5.41) is 0. The van der Waals surface area contributed by atoms with Crippen molar-refractivity contribution in [2.75, 3.05) is 13.1 Å². The third-order valence-corrected chi connectivity index (χ3v) is 4.63. The smallest absolute Gasteiger partial charge is 0.321 e. The summed E-state index contributed by atoms with van der Waals surface area (Å²) in [6, 6.07) is 10.1. The van der Waals surface area contributed by atoms with Crippen LogP contribution in [0.15, 0.2) is 30.3 Å². The minimum Gasteiger partial charge on any atom is -0.392 e. The first-order valence-corrected chi connectivity index (χ1v) is 6.49. The third-order valence-electron chi connectivity index (χ3n) is 4.63. The van der Waals surface area contributed by atoms with Gasteiger partial charge >= 0.3 is 11.9 Å². The third kappa shape index (κ3) is 1.63. The van der Waals surface area contributed by atoms with Gasteiger partial charge in [0.25, 0.3) is 0 Å². The van der Waals surface area contributed by atoms with Crippen LogP contribution in [0.1, 0.15) is 19.4 Å². The number of carbonyl (C=O) groups is 2. The largest absolute Gasteiger partial charge is 0.392 e. The number of cyclic esters (lactones) is 2. The predicted molar refractivity (Wildman–Crippen MR) is 69.0 cm³/mol. The maximum atomic E-state index is 11.9. The Kier molecular flexibility index (Phi) is 2.54. The van der Waals surface area contributed by atoms with Gasteiger partial charge in [0.2, 0.25) is 0 Å². The van der Waals surface area contributed by atoms with Gasteiger partial charge < -0.3 is 4.74 Å². The van der Waals surface area contributed by atoms with Crippen molar-refractivity contribution in [2.24, 2.45) is 10.8 Å². The Morgan fingerprint density at radius 1 is 1.05 bits per heavy atom. The zero-order valence-corrected chi connectivity index (χ0v) is 11.2. The number of carbonyl (C=O) groups excluding carboxylic acids is 2. The van der Waals surface area contributed by atoms with Gasteiger partial charge in [-0.15, -0.1) is 0 Å². The van der Waals surface area contributed by atoms with Crippen molar-refractivity contribution >= 4 is 11.9 Å². The Morgan fingerprint density at radius 2 is 1.58 bits per heavy atom. The molecule has 0 spiro atoms. The van der Waals surface area contributed by atoms with E-state index >= 15 is 0 Å². The van der Waals surface area contributed by atoms with E-state index in [4.69, 9.17) is 4.74 Å². The van der Waals surface area contributed by atoms with E-state index in [9.17, 15) is 9.59 Å². The molecule has 0 unspecified atom stereocenters. The van der Waals surface area contributed by atoms with Crippen molar-refractivity contribution in [3.05, 3.63) is 35.9 Å². The highest BCUT2D eigenvalue weighted by molar-refractivity contribution is 6.02. The molecule has 2 fully saturated rings. The van der Waals surface area contributed by atoms with Crippen LogP contribution >= 0.6 is 0 Å². The molecule has 0 amide bonds. The lowest BCUT2D eigenvalue weighted by atomic mass is 9.70. The quantitative estimate of drug-likeness (QED) is 0.598. The van der Waals surface area contributed by atoms with E-state index in [-0.39, 0.29) is 11.9 Å². The fourth-order valence-electron chi connectivity index (χ4n) is 3.14. The molecule has 2 aliphatic heterocycles. The van der Waals surface area contributed by atoms with Crippen LogP contribution in [0, 0.1) is 10.8 Å². The topological polar surface area (TPSA) is 46.6 Å². The van der Waals surface area contributed by atoms with Crippen molar-refractivity contribution in [3.63, 3.8) is 0 Å². The van der Waals surface area contributed by atoms with Gasteiger partial charge in [0, 0.05) is 19.6 Å². The number of hydrogen-bond acceptors (Lipinski definition) is 4. The van der Waals surface area contributed by atoms with E-state index in [0.29, 0.717) is 13.1 Å². The van der Waals surface area contributed by atoms with Crippen molar-refractivity contribution in [1.29, 1.82) is 0 Å². The van der Waals surface area contributed by atoms with Crippen LogP contribution in [0.2, 0.25) is 0 Å². The summed E-state index contributed by atoms with van der Waals surface area (Å²) in [7, 11) is 0. The molecule has 2 atom stereocenters. The molecule has 19 heavy (non-hydrogen) atoms. The van der Waals surface area contributed by atoms with Gasteiger partial charge in [-0.2, -0.15) is 0 Å². The number of rotatable bonds is 2. The molecule has 0 saturated carbocycles. The highest BCUT2D eigenvalue weighted by Gasteiger charge is 2.67. The molecule has 2 aliphatic rings. The van der Waals surface area contributed by atoms with E-state index < -0.39 is 10.8 Å². The second-order valence-electron chi connectivity index (χ2n) is 5.97. The van der Waals surface area contributed by atoms with Crippen molar-refractivity contribution < 1.29 is 14.3 Å². The number of fused-ring (bicyclic) bond motifs is 1. The predicted octanol–water partition coefficient (Wildman–Crippen LogP) is 1.60. The Balaban J connectivity index is 1.84. The number of hydrogen-bond donors (Lipinski definition) is 0. The molecule has 4 nitrogen and oxygen atoms in total. The summed E-state index contributed by atoms with van der Waals surface area (Å²) in [6.07, 6.45) is 0. The average molecular weight is 259 g/mol. The first-order chi connectivity index (χ1) is 8.96. The summed E-state index contributed by atoms with van der Waals surface area (Å²) in [5.41, 5.74) is -0.229. The molecule has 1 aromatic carbocycles. The van der Waals surface area contributed by atoms with Crippen molar-refractivity contribution in [1.82, 2.24) is 4.90 Å². The zero-order chi connectivity index (χ0) is 13.7. The van der Waals surface area contributed by atoms with Crippen LogP contribution in [0.5, 0.6) is 0 Å². The molecule has 0 radical (unpaired) electrons. The molecule has 2 saturated heterocycles. The Bertz CT molecular complexity index is 514. The summed E-state index contributed by atoms with van der Waals surface area (Å²) < 4.78 is 4.83. The number of likely N-dealkylation sites (tertiary alicyclic amines) is 1. The maximum absolute atomic E-state index is 11.9. The van der Waals surface area contributed by atoms with E-state index in [1.54, 1.807) is 0 Å². The normalized spacial score (nSPS) is 34.4. The highest BCUT2D eigenvalue weighted by atomic mass is 16.6. The molecule has 1 aromatic rings. The minimum absolute atomic E-state index is 0.379. The van der Waals surface area contributed by atoms with Crippen molar-refractivity contribution in [3.8, 4) is 0 Å². The SMILES string of the molecule is C[C@@]12CN(Cc3ccccc3)C[C@@]1(C)C(=O)OC2=O. The monoisotopic (exact) mass is 259 g/mol. The summed E-state index contributed by atoms with van der Waals surface area (Å²) >= 11 is 0. The van der Waals surface area contributed by atoms with E-state index in [1.165, 1.54) is 5.56 Å². The summed E-state index contributed by atoms with van der Waals surface area (Å²) in [5.74, 6) is -0.758. The first kappa shape index (κ1) is 12.4. The van der Waals surface area contributed by atoms with Gasteiger partial charge in [-0.1, -0.05) is 30.3 Å². The van der Waals surface area contributed by atoms with Gasteiger partial charge in [0.05, 0.1) is 10.8 Å². The molecule has 3 rings (SSSR count). The van der Waals surface area contributed by atoms with Gasteiger partial charge in [-0.05, 0) is 19.4 Å². The van der Waals surface area contributed by atoms with Gasteiger partial charge in [0.1, 0.15) is 0 Å². The summed E-state index contributed by atoms with van der Waals surface area (Å²) in [4.78, 5) is 26.0. The van der Waals surface area contributed by atoms with Crippen molar-refractivity contribution in [2.45, 2.75) is 20.4 Å². The maximum Gasteiger partial charge on any atom is 0.321 e. The van der Waals surface area contributed by atoms with Crippen LogP contribution in [-0.4, -0.2) is 29.9 Å². The number of benzene rings is 1. The fraction of sp³-hybridized carbons (Fsp3) is 0.467. The highest BCUT2D eigenvalue weighted by Crippen LogP contribution is 2.52. The van der Waals surface area contributed by atoms with Crippen LogP contribution < -0.4 is 0 Å². The summed E-state index contributed by atoms with van der Waals surface area (Å²) in [6.45, 7) is 5.58. The van der Waals surface area contributed by atoms with Crippen LogP contribution in [0.25, 0.3) is 0 Å². The molecule has 2 heterocycles. The molecule has 100 valence electrons. The van der Waals surface area contributed by atoms with Gasteiger partial charge in [-0.25, -0.2) is 0 Å². The molecule has 0 aliphatic carbocycles. The molecular weight excluding hydrogens is 242 g/mol. The number of nitrogens with zero attached hydrogens (tertiary/aromatic N) is 1. The van der Waals surface area contributed by atoms with E-state index in [0.717, 1.165) is 6.54 Å². The molecule has 4 heteroatoms. The fourth-order valence-corrected chi connectivity index (χ4v) is 3.14. The minimum atomic E-state index is -0.709. The number of ether oxygens (including phenoxy) is 1. The lowest BCUT2D eigenvalue weighted by Crippen LogP contribution is -2.38. The Labute approximate surface area is 112 Å². The van der Waals surface area contributed by atoms with E-state index in [2.05, 4.69) is 17.0 Å². The lowest BCUT2D eigenvalue weighted by molar-refractivity contribution is -0.156. The number of esters is 2. The molecule has 0 N–H and O–H groups in total.